The van der Waals surface area contributed by atoms with Gasteiger partial charge in [-0.1, -0.05) is 6.58 Å². The van der Waals surface area contributed by atoms with Gasteiger partial charge in [-0.15, -0.1) is 11.3 Å². The van der Waals surface area contributed by atoms with E-state index in [1.54, 1.807) is 28.9 Å². The van der Waals surface area contributed by atoms with Crippen LogP contribution in [0.1, 0.15) is 42.9 Å². The lowest BCUT2D eigenvalue weighted by molar-refractivity contribution is -0.129. The van der Waals surface area contributed by atoms with Crippen LogP contribution in [0.2, 0.25) is 0 Å². The molecular weight excluding hydrogens is 668 g/mol. The number of methoxy groups -OCH3 is 1. The van der Waals surface area contributed by atoms with E-state index in [2.05, 4.69) is 11.9 Å². The monoisotopic (exact) mass is 701 g/mol. The Morgan fingerprint density at radius 3 is 2.66 bits per heavy atom. The number of ether oxygens (including phenoxy) is 1. The van der Waals surface area contributed by atoms with E-state index in [1.165, 1.54) is 18.6 Å². The Morgan fingerprint density at radius 2 is 1.92 bits per heavy atom. The summed E-state index contributed by atoms with van der Waals surface area (Å²) < 4.78 is 54.3. The number of hydrogen-bond donors (Lipinski definition) is 1. The maximum atomic E-state index is 16.1. The van der Waals surface area contributed by atoms with Gasteiger partial charge in [0.05, 0.1) is 47.4 Å². The van der Waals surface area contributed by atoms with Gasteiger partial charge in [-0.2, -0.15) is 5.10 Å². The van der Waals surface area contributed by atoms with Crippen molar-refractivity contribution >= 4 is 33.2 Å². The number of thiophene rings is 1. The summed E-state index contributed by atoms with van der Waals surface area (Å²) in [5.41, 5.74) is 3.88. The Morgan fingerprint density at radius 1 is 1.12 bits per heavy atom. The van der Waals surface area contributed by atoms with Crippen molar-refractivity contribution in [1.82, 2.24) is 34.9 Å². The average molecular weight is 702 g/mol. The molecule has 5 aromatic rings. The number of fused-ring (bicyclic) bond motifs is 3. The van der Waals surface area contributed by atoms with Crippen LogP contribution in [0.25, 0.3) is 43.9 Å². The summed E-state index contributed by atoms with van der Waals surface area (Å²) in [6, 6.07) is 4.87. The summed E-state index contributed by atoms with van der Waals surface area (Å²) in [5, 5.41) is 8.97. The minimum Gasteiger partial charge on any atom is -0.496 e. The normalized spacial score (nSPS) is 17.4. The van der Waals surface area contributed by atoms with Crippen molar-refractivity contribution in [3.63, 3.8) is 0 Å². The number of benzene rings is 1. The van der Waals surface area contributed by atoms with Gasteiger partial charge < -0.3 is 15.0 Å². The quantitative estimate of drug-likeness (QED) is 0.206. The third-order valence-electron chi connectivity index (χ3n) is 9.44. The Labute approximate surface area is 290 Å². The number of rotatable bonds is 7. The van der Waals surface area contributed by atoms with Crippen LogP contribution in [0.15, 0.2) is 48.5 Å². The van der Waals surface area contributed by atoms with E-state index in [0.29, 0.717) is 53.4 Å². The second kappa shape index (κ2) is 13.0. The van der Waals surface area contributed by atoms with E-state index in [4.69, 9.17) is 19.8 Å². The summed E-state index contributed by atoms with van der Waals surface area (Å²) in [4.78, 5) is 38.4. The number of aromatic nitrogens is 4. The number of pyridine rings is 2. The van der Waals surface area contributed by atoms with E-state index in [-0.39, 0.29) is 58.4 Å². The first-order chi connectivity index (χ1) is 24.0. The molecule has 7 rings (SSSR count). The number of halogens is 3. The molecule has 0 fully saturated rings. The molecule has 2 atom stereocenters. The number of amides is 2. The Kier molecular flexibility index (Phi) is 8.68. The van der Waals surface area contributed by atoms with Gasteiger partial charge in [-0.3, -0.25) is 24.2 Å². The van der Waals surface area contributed by atoms with Crippen LogP contribution in [-0.4, -0.2) is 75.2 Å². The van der Waals surface area contributed by atoms with Crippen LogP contribution in [-0.2, 0) is 22.6 Å². The summed E-state index contributed by atoms with van der Waals surface area (Å²) in [6.45, 7) is 9.21. The highest BCUT2D eigenvalue weighted by molar-refractivity contribution is 7.17. The fraction of sp³-hybridized carbons (Fsp3) is 0.306. The second-order valence-electron chi connectivity index (χ2n) is 12.5. The highest BCUT2D eigenvalue weighted by Crippen LogP contribution is 2.48. The molecule has 50 heavy (non-hydrogen) atoms. The first kappa shape index (κ1) is 33.4. The Hall–Kier alpha value is -5.08. The van der Waals surface area contributed by atoms with E-state index < -0.39 is 17.5 Å². The average Bonchev–Trinajstić information content (AvgIpc) is 3.73. The van der Waals surface area contributed by atoms with Crippen molar-refractivity contribution in [3.8, 4) is 39.5 Å². The van der Waals surface area contributed by atoms with Crippen LogP contribution < -0.4 is 10.1 Å². The topological polar surface area (TPSA) is 105 Å². The van der Waals surface area contributed by atoms with Gasteiger partial charge >= 0.3 is 0 Å². The summed E-state index contributed by atoms with van der Waals surface area (Å²) in [7, 11) is 2.89. The first-order valence-electron chi connectivity index (χ1n) is 16.1. The molecule has 6 heterocycles. The largest absolute Gasteiger partial charge is 0.496 e. The molecular formula is C36H34F3N7O3S. The molecule has 0 bridgehead atoms. The molecule has 2 amide bonds. The minimum absolute atomic E-state index is 0.0642. The molecule has 0 saturated heterocycles. The second-order valence-corrected chi connectivity index (χ2v) is 13.4. The Bertz CT molecular complexity index is 2200. The van der Waals surface area contributed by atoms with Crippen LogP contribution in [0.3, 0.4) is 0 Å². The van der Waals surface area contributed by atoms with Crippen molar-refractivity contribution in [3.05, 3.63) is 82.9 Å². The number of hydrogen-bond acceptors (Lipinski definition) is 8. The lowest BCUT2D eigenvalue weighted by Gasteiger charge is -2.36. The van der Waals surface area contributed by atoms with Crippen molar-refractivity contribution in [2.45, 2.75) is 38.9 Å². The molecule has 0 aliphatic carbocycles. The standard InChI is InChI=1S/C36H34F3N7O3S/c1-6-30(48)45-14-18(2)46-27(19(45)3)12-26(43-46)35-33(31-23(38)10-22(37)11-28(31)49-5)32-24(39)17-50-36(32)34(42-35)20-9-21-15-44(16-29(47)40-4)8-7-25(21)41-13-20/h6,9-13,17-19H,1,7-8,14-16H2,2-5H3,(H,40,47)/t18-,19+/m0/s1. The molecule has 2 aliphatic rings. The van der Waals surface area contributed by atoms with E-state index in [0.717, 1.165) is 34.7 Å². The maximum Gasteiger partial charge on any atom is 0.246 e. The van der Waals surface area contributed by atoms with Crippen LogP contribution in [0.5, 0.6) is 5.75 Å². The smallest absolute Gasteiger partial charge is 0.246 e. The summed E-state index contributed by atoms with van der Waals surface area (Å²) in [6.07, 6.45) is 3.61. The van der Waals surface area contributed by atoms with Gasteiger partial charge in [0.2, 0.25) is 11.8 Å². The minimum atomic E-state index is -0.954. The van der Waals surface area contributed by atoms with Crippen molar-refractivity contribution in [2.75, 3.05) is 33.8 Å². The van der Waals surface area contributed by atoms with Crippen molar-refractivity contribution < 1.29 is 27.5 Å². The highest BCUT2D eigenvalue weighted by Gasteiger charge is 2.34. The van der Waals surface area contributed by atoms with Crippen LogP contribution >= 0.6 is 11.3 Å². The third-order valence-corrected chi connectivity index (χ3v) is 10.4. The maximum absolute atomic E-state index is 16.1. The highest BCUT2D eigenvalue weighted by atomic mass is 32.1. The zero-order valence-electron chi connectivity index (χ0n) is 27.9. The van der Waals surface area contributed by atoms with Crippen molar-refractivity contribution in [1.29, 1.82) is 0 Å². The predicted molar refractivity (Wildman–Crippen MR) is 184 cm³/mol. The fourth-order valence-corrected chi connectivity index (χ4v) is 7.89. The molecule has 2 aliphatic heterocycles. The molecule has 14 heteroatoms. The van der Waals surface area contributed by atoms with E-state index in [1.807, 2.05) is 24.8 Å². The van der Waals surface area contributed by atoms with E-state index >= 15 is 8.78 Å². The lowest BCUT2D eigenvalue weighted by Crippen LogP contribution is -2.42. The molecule has 0 unspecified atom stereocenters. The van der Waals surface area contributed by atoms with Crippen LogP contribution in [0, 0.1) is 17.5 Å². The zero-order chi connectivity index (χ0) is 35.4. The number of nitrogens with one attached hydrogen (secondary N) is 1. The number of carbonyl (C=O) groups is 2. The van der Waals surface area contributed by atoms with Crippen LogP contribution in [0.4, 0.5) is 13.2 Å². The van der Waals surface area contributed by atoms with Gasteiger partial charge in [0.25, 0.3) is 0 Å². The molecule has 10 nitrogen and oxygen atoms in total. The van der Waals surface area contributed by atoms with Gasteiger partial charge in [0.15, 0.2) is 0 Å². The molecule has 0 radical (unpaired) electrons. The van der Waals surface area contributed by atoms with Gasteiger partial charge in [-0.05, 0) is 37.6 Å². The molecule has 0 spiro atoms. The first-order valence-corrected chi connectivity index (χ1v) is 17.0. The molecule has 1 aromatic carbocycles. The predicted octanol–water partition coefficient (Wildman–Crippen LogP) is 6.07. The molecule has 4 aromatic heterocycles. The summed E-state index contributed by atoms with van der Waals surface area (Å²) >= 11 is 1.11. The fourth-order valence-electron chi connectivity index (χ4n) is 6.96. The summed E-state index contributed by atoms with van der Waals surface area (Å²) in [5.74, 6) is -2.88. The number of nitrogens with zero attached hydrogens (tertiary/aromatic N) is 6. The van der Waals surface area contributed by atoms with Gasteiger partial charge in [0.1, 0.15) is 34.6 Å². The van der Waals surface area contributed by atoms with E-state index in [9.17, 15) is 14.0 Å². The molecule has 1 N–H and O–H groups in total. The Balaban J connectivity index is 1.48. The SMILES string of the molecule is C=CC(=O)N1C[C@H](C)n2nc(-c3nc(-c4cnc5c(c4)CN(CC(=O)NC)CC5)c4scc(F)c4c3-c3c(F)cc(F)cc3OC)cc2[C@H]1C. The van der Waals surface area contributed by atoms with Crippen molar-refractivity contribution in [2.24, 2.45) is 0 Å². The van der Waals surface area contributed by atoms with Gasteiger partial charge in [0, 0.05) is 79.0 Å². The van der Waals surface area contributed by atoms with Gasteiger partial charge in [-0.25, -0.2) is 18.2 Å². The lowest BCUT2D eigenvalue weighted by atomic mass is 9.94. The third kappa shape index (κ3) is 5.61. The molecule has 258 valence electrons. The number of carbonyl (C=O) groups excluding carboxylic acids is 2. The molecule has 0 saturated carbocycles. The zero-order valence-corrected chi connectivity index (χ0v) is 28.7. The number of likely N-dealkylation sites (N-methyl/N-ethyl adjacent to an activating group) is 1.